The number of primary amides is 1. The van der Waals surface area contributed by atoms with Gasteiger partial charge in [0.15, 0.2) is 6.61 Å². The van der Waals surface area contributed by atoms with Gasteiger partial charge in [0, 0.05) is 22.7 Å². The lowest BCUT2D eigenvalue weighted by molar-refractivity contribution is -0.121. The molecule has 3 aromatic rings. The lowest BCUT2D eigenvalue weighted by Crippen LogP contribution is -2.43. The maximum absolute atomic E-state index is 12.6. The predicted molar refractivity (Wildman–Crippen MR) is 109 cm³/mol. The summed E-state index contributed by atoms with van der Waals surface area (Å²) in [6.07, 6.45) is 1.37. The van der Waals surface area contributed by atoms with Crippen LogP contribution in [0.3, 0.4) is 0 Å². The number of hydrogen-bond acceptors (Lipinski definition) is 6. The van der Waals surface area contributed by atoms with Crippen LogP contribution in [0.15, 0.2) is 53.1 Å². The molecular weight excluding hydrogens is 408 g/mol. The van der Waals surface area contributed by atoms with Crippen LogP contribution in [0.25, 0.3) is 11.5 Å². The zero-order valence-corrected chi connectivity index (χ0v) is 16.7. The second kappa shape index (κ2) is 8.54. The Morgan fingerprint density at radius 1 is 1.17 bits per heavy atom. The Bertz CT molecular complexity index is 1050. The van der Waals surface area contributed by atoms with Crippen molar-refractivity contribution in [2.75, 3.05) is 6.54 Å². The minimum Gasteiger partial charge on any atom is -0.485 e. The number of ether oxygens (including phenoxy) is 1. The summed E-state index contributed by atoms with van der Waals surface area (Å²) in [7, 11) is 0. The van der Waals surface area contributed by atoms with Gasteiger partial charge in [-0.05, 0) is 61.4 Å². The van der Waals surface area contributed by atoms with E-state index in [1.54, 1.807) is 48.5 Å². The van der Waals surface area contributed by atoms with E-state index < -0.39 is 11.9 Å². The molecule has 0 spiro atoms. The first kappa shape index (κ1) is 19.9. The van der Waals surface area contributed by atoms with Crippen LogP contribution < -0.4 is 10.5 Å². The zero-order valence-electron chi connectivity index (χ0n) is 16.0. The van der Waals surface area contributed by atoms with E-state index in [2.05, 4.69) is 10.1 Å². The molecule has 154 valence electrons. The van der Waals surface area contributed by atoms with Crippen LogP contribution in [0, 0.1) is 0 Å². The number of likely N-dealkylation sites (tertiary alicyclic amines) is 1. The van der Waals surface area contributed by atoms with Crippen molar-refractivity contribution in [3.05, 3.63) is 64.9 Å². The van der Waals surface area contributed by atoms with Crippen molar-refractivity contribution in [1.82, 2.24) is 15.0 Å². The number of carbonyl (C=O) groups excluding carboxylic acids is 2. The summed E-state index contributed by atoms with van der Waals surface area (Å²) in [5, 5.41) is 4.53. The third kappa shape index (κ3) is 4.28. The first-order valence-electron chi connectivity index (χ1n) is 9.43. The topological polar surface area (TPSA) is 112 Å². The minimum absolute atomic E-state index is 0.111. The van der Waals surface area contributed by atoms with E-state index in [-0.39, 0.29) is 12.5 Å². The Kier molecular flexibility index (Phi) is 5.67. The van der Waals surface area contributed by atoms with Gasteiger partial charge < -0.3 is 19.9 Å². The van der Waals surface area contributed by atoms with Crippen molar-refractivity contribution in [1.29, 1.82) is 0 Å². The standard InChI is InChI=1S/C21H19ClN4O4/c22-15-7-3-13(4-8-15)20-24-18(25-30-20)12-29-16-9-5-14(6-10-16)21(28)26-11-1-2-17(26)19(23)27/h3-10,17H,1-2,11-12H2,(H2,23,27)/t17-/m1/s1. The van der Waals surface area contributed by atoms with Crippen molar-refractivity contribution in [2.24, 2.45) is 5.73 Å². The minimum atomic E-state index is -0.540. The van der Waals surface area contributed by atoms with E-state index in [4.69, 9.17) is 26.6 Å². The molecule has 4 rings (SSSR count). The summed E-state index contributed by atoms with van der Waals surface area (Å²) in [6.45, 7) is 0.638. The number of halogens is 1. The number of aromatic nitrogens is 2. The molecule has 0 radical (unpaired) electrons. The quantitative estimate of drug-likeness (QED) is 0.648. The van der Waals surface area contributed by atoms with Gasteiger partial charge in [-0.25, -0.2) is 0 Å². The second-order valence-electron chi connectivity index (χ2n) is 6.89. The molecule has 1 saturated heterocycles. The fraction of sp³-hybridized carbons (Fsp3) is 0.238. The van der Waals surface area contributed by atoms with Crippen molar-refractivity contribution in [3.8, 4) is 17.2 Å². The number of benzene rings is 2. The van der Waals surface area contributed by atoms with E-state index in [0.29, 0.717) is 41.0 Å². The van der Waals surface area contributed by atoms with Crippen molar-refractivity contribution in [2.45, 2.75) is 25.5 Å². The number of nitrogens with zero attached hydrogens (tertiary/aromatic N) is 3. The molecule has 0 bridgehead atoms. The van der Waals surface area contributed by atoms with Crippen LogP contribution >= 0.6 is 11.6 Å². The molecule has 2 aromatic carbocycles. The number of rotatable bonds is 6. The number of amides is 2. The third-order valence-corrected chi connectivity index (χ3v) is 5.12. The van der Waals surface area contributed by atoms with Crippen LogP contribution in [0.2, 0.25) is 5.02 Å². The molecular formula is C21H19ClN4O4. The summed E-state index contributed by atoms with van der Waals surface area (Å²) in [5.74, 6) is 0.632. The van der Waals surface area contributed by atoms with Gasteiger partial charge in [-0.3, -0.25) is 9.59 Å². The molecule has 1 aromatic heterocycles. The molecule has 1 atom stereocenters. The molecule has 1 aliphatic heterocycles. The van der Waals surface area contributed by atoms with Gasteiger partial charge in [-0.1, -0.05) is 16.8 Å². The summed E-state index contributed by atoms with van der Waals surface area (Å²) in [4.78, 5) is 30.0. The number of nitrogens with two attached hydrogens (primary N) is 1. The van der Waals surface area contributed by atoms with Crippen LogP contribution in [-0.4, -0.2) is 39.4 Å². The fourth-order valence-electron chi connectivity index (χ4n) is 3.34. The van der Waals surface area contributed by atoms with Gasteiger partial charge in [0.05, 0.1) is 0 Å². The smallest absolute Gasteiger partial charge is 0.258 e. The highest BCUT2D eigenvalue weighted by Gasteiger charge is 2.33. The van der Waals surface area contributed by atoms with Gasteiger partial charge in [-0.2, -0.15) is 4.98 Å². The maximum Gasteiger partial charge on any atom is 0.258 e. The average Bonchev–Trinajstić information content (AvgIpc) is 3.43. The Balaban J connectivity index is 1.37. The first-order chi connectivity index (χ1) is 14.5. The van der Waals surface area contributed by atoms with Crippen LogP contribution in [0.4, 0.5) is 0 Å². The third-order valence-electron chi connectivity index (χ3n) is 4.87. The van der Waals surface area contributed by atoms with E-state index in [9.17, 15) is 9.59 Å². The monoisotopic (exact) mass is 426 g/mol. The normalized spacial score (nSPS) is 15.9. The highest BCUT2D eigenvalue weighted by atomic mass is 35.5. The van der Waals surface area contributed by atoms with E-state index in [1.165, 1.54) is 4.90 Å². The molecule has 1 aliphatic rings. The first-order valence-corrected chi connectivity index (χ1v) is 9.81. The predicted octanol–water partition coefficient (Wildman–Crippen LogP) is 3.06. The molecule has 2 heterocycles. The molecule has 2 N–H and O–H groups in total. The van der Waals surface area contributed by atoms with Gasteiger partial charge >= 0.3 is 0 Å². The van der Waals surface area contributed by atoms with Crippen LogP contribution in [-0.2, 0) is 11.4 Å². The molecule has 9 heteroatoms. The van der Waals surface area contributed by atoms with Gasteiger partial charge in [0.1, 0.15) is 11.8 Å². The average molecular weight is 427 g/mol. The van der Waals surface area contributed by atoms with Crippen molar-refractivity contribution < 1.29 is 18.8 Å². The lowest BCUT2D eigenvalue weighted by atomic mass is 10.1. The fourth-order valence-corrected chi connectivity index (χ4v) is 3.46. The summed E-state index contributed by atoms with van der Waals surface area (Å²) < 4.78 is 10.9. The van der Waals surface area contributed by atoms with Crippen LogP contribution in [0.5, 0.6) is 5.75 Å². The Morgan fingerprint density at radius 3 is 2.60 bits per heavy atom. The Labute approximate surface area is 177 Å². The molecule has 1 fully saturated rings. The number of carbonyl (C=O) groups is 2. The summed E-state index contributed by atoms with van der Waals surface area (Å²) in [5.41, 5.74) is 6.62. The molecule has 0 saturated carbocycles. The van der Waals surface area contributed by atoms with E-state index in [0.717, 1.165) is 12.0 Å². The Morgan fingerprint density at radius 2 is 1.90 bits per heavy atom. The second-order valence-corrected chi connectivity index (χ2v) is 7.33. The maximum atomic E-state index is 12.6. The van der Waals surface area contributed by atoms with Crippen molar-refractivity contribution >= 4 is 23.4 Å². The largest absolute Gasteiger partial charge is 0.485 e. The van der Waals surface area contributed by atoms with Gasteiger partial charge in [0.2, 0.25) is 11.7 Å². The summed E-state index contributed by atoms with van der Waals surface area (Å²) >= 11 is 5.88. The number of hydrogen-bond donors (Lipinski definition) is 1. The van der Waals surface area contributed by atoms with Crippen LogP contribution in [0.1, 0.15) is 29.0 Å². The van der Waals surface area contributed by atoms with Gasteiger partial charge in [-0.15, -0.1) is 0 Å². The lowest BCUT2D eigenvalue weighted by Gasteiger charge is -2.22. The van der Waals surface area contributed by atoms with Crippen molar-refractivity contribution in [3.63, 3.8) is 0 Å². The molecule has 8 nitrogen and oxygen atoms in total. The summed E-state index contributed by atoms with van der Waals surface area (Å²) in [6, 6.07) is 13.2. The van der Waals surface area contributed by atoms with E-state index >= 15 is 0 Å². The Hall–Kier alpha value is -3.39. The van der Waals surface area contributed by atoms with Gasteiger partial charge in [0.25, 0.3) is 11.8 Å². The highest BCUT2D eigenvalue weighted by Crippen LogP contribution is 2.22. The molecule has 30 heavy (non-hydrogen) atoms. The molecule has 0 unspecified atom stereocenters. The molecule has 0 aliphatic carbocycles. The highest BCUT2D eigenvalue weighted by molar-refractivity contribution is 6.30. The molecule has 2 amide bonds. The SMILES string of the molecule is NC(=O)[C@H]1CCCN1C(=O)c1ccc(OCc2noc(-c3ccc(Cl)cc3)n2)cc1. The van der Waals surface area contributed by atoms with E-state index in [1.807, 2.05) is 0 Å². The zero-order chi connectivity index (χ0) is 21.1.